The van der Waals surface area contributed by atoms with E-state index in [1.165, 1.54) is 0 Å². The van der Waals surface area contributed by atoms with Gasteiger partial charge in [-0.3, -0.25) is 0 Å². The van der Waals surface area contributed by atoms with E-state index < -0.39 is 15.1 Å². The number of hydrogen-bond donors (Lipinski definition) is 1. The van der Waals surface area contributed by atoms with Crippen molar-refractivity contribution in [2.45, 2.75) is 38.5 Å². The summed E-state index contributed by atoms with van der Waals surface area (Å²) in [5.41, 5.74) is 1.04. The van der Waals surface area contributed by atoms with Gasteiger partial charge in [0.25, 0.3) is 0 Å². The Morgan fingerprint density at radius 3 is 2.28 bits per heavy atom. The zero-order chi connectivity index (χ0) is 13.6. The molecule has 4 heteroatoms. The lowest BCUT2D eigenvalue weighted by atomic mass is 10.0. The van der Waals surface area contributed by atoms with Crippen LogP contribution < -0.4 is 5.32 Å². The van der Waals surface area contributed by atoms with E-state index in [0.717, 1.165) is 18.5 Å². The van der Waals surface area contributed by atoms with Crippen molar-refractivity contribution in [2.75, 3.05) is 12.3 Å². The fourth-order valence-corrected chi connectivity index (χ4v) is 3.18. The van der Waals surface area contributed by atoms with Crippen molar-refractivity contribution in [1.29, 1.82) is 0 Å². The zero-order valence-corrected chi connectivity index (χ0v) is 12.2. The number of sulfone groups is 1. The second kappa shape index (κ2) is 6.90. The highest BCUT2D eigenvalue weighted by molar-refractivity contribution is 7.92. The second-order valence-electron chi connectivity index (χ2n) is 4.50. The second-order valence-corrected chi connectivity index (χ2v) is 7.15. The van der Waals surface area contributed by atoms with E-state index in [-0.39, 0.29) is 11.8 Å². The fourth-order valence-electron chi connectivity index (χ4n) is 1.99. The summed E-state index contributed by atoms with van der Waals surface area (Å²) >= 11 is 0. The largest absolute Gasteiger partial charge is 0.309 e. The SMILES string of the molecule is CCCNC(c1ccccc1)C(C)S(=O)(=O)CC. The van der Waals surface area contributed by atoms with Crippen molar-refractivity contribution in [2.24, 2.45) is 0 Å². The average Bonchev–Trinajstić information content (AvgIpc) is 2.40. The number of hydrogen-bond acceptors (Lipinski definition) is 3. The molecule has 1 aromatic carbocycles. The van der Waals surface area contributed by atoms with Crippen molar-refractivity contribution in [1.82, 2.24) is 5.32 Å². The molecular weight excluding hydrogens is 246 g/mol. The van der Waals surface area contributed by atoms with Crippen LogP contribution in [-0.4, -0.2) is 26.0 Å². The zero-order valence-electron chi connectivity index (χ0n) is 11.4. The maximum absolute atomic E-state index is 12.0. The average molecular weight is 269 g/mol. The summed E-state index contributed by atoms with van der Waals surface area (Å²) in [4.78, 5) is 0. The summed E-state index contributed by atoms with van der Waals surface area (Å²) in [6, 6.07) is 9.67. The molecule has 0 aliphatic carbocycles. The van der Waals surface area contributed by atoms with E-state index in [1.54, 1.807) is 13.8 Å². The highest BCUT2D eigenvalue weighted by Gasteiger charge is 2.28. The van der Waals surface area contributed by atoms with Crippen LogP contribution in [0.3, 0.4) is 0 Å². The summed E-state index contributed by atoms with van der Waals surface area (Å²) in [7, 11) is -3.04. The summed E-state index contributed by atoms with van der Waals surface area (Å²) in [5, 5.41) is 2.94. The standard InChI is InChI=1S/C14H23NO2S/c1-4-11-15-14(12(3)18(16,17)5-2)13-9-7-6-8-10-13/h6-10,12,14-15H,4-5,11H2,1-3H3. The van der Waals surface area contributed by atoms with Crippen LogP contribution >= 0.6 is 0 Å². The van der Waals surface area contributed by atoms with Gasteiger partial charge in [-0.05, 0) is 25.5 Å². The summed E-state index contributed by atoms with van der Waals surface area (Å²) in [6.45, 7) is 6.39. The van der Waals surface area contributed by atoms with Gasteiger partial charge in [0.05, 0.1) is 5.25 Å². The summed E-state index contributed by atoms with van der Waals surface area (Å²) in [5.74, 6) is 0.186. The van der Waals surface area contributed by atoms with Crippen LogP contribution in [0.5, 0.6) is 0 Å². The first kappa shape index (κ1) is 15.2. The Balaban J connectivity index is 2.99. The molecule has 3 nitrogen and oxygen atoms in total. The first-order chi connectivity index (χ1) is 8.53. The predicted molar refractivity (Wildman–Crippen MR) is 76.4 cm³/mol. The van der Waals surface area contributed by atoms with Gasteiger partial charge in [0.2, 0.25) is 0 Å². The summed E-state index contributed by atoms with van der Waals surface area (Å²) < 4.78 is 24.1. The molecule has 102 valence electrons. The molecule has 0 aromatic heterocycles. The molecule has 1 rings (SSSR count). The van der Waals surface area contributed by atoms with E-state index in [2.05, 4.69) is 12.2 Å². The molecule has 0 amide bonds. The van der Waals surface area contributed by atoms with Gasteiger partial charge in [-0.1, -0.05) is 44.2 Å². The molecule has 0 spiro atoms. The van der Waals surface area contributed by atoms with Crippen molar-refractivity contribution in [3.8, 4) is 0 Å². The molecule has 0 radical (unpaired) electrons. The lowest BCUT2D eigenvalue weighted by molar-refractivity contribution is 0.498. The lowest BCUT2D eigenvalue weighted by Gasteiger charge is -2.25. The van der Waals surface area contributed by atoms with Crippen molar-refractivity contribution >= 4 is 9.84 Å². The monoisotopic (exact) mass is 269 g/mol. The van der Waals surface area contributed by atoms with Crippen LogP contribution in [-0.2, 0) is 9.84 Å². The van der Waals surface area contributed by atoms with Gasteiger partial charge in [0.15, 0.2) is 9.84 Å². The van der Waals surface area contributed by atoms with E-state index >= 15 is 0 Å². The van der Waals surface area contributed by atoms with Crippen LogP contribution in [0.1, 0.15) is 38.8 Å². The van der Waals surface area contributed by atoms with Crippen LogP contribution in [0.25, 0.3) is 0 Å². The Bertz CT molecular complexity index is 442. The van der Waals surface area contributed by atoms with Gasteiger partial charge in [0.1, 0.15) is 0 Å². The van der Waals surface area contributed by atoms with Crippen LogP contribution in [0.4, 0.5) is 0 Å². The molecule has 2 unspecified atom stereocenters. The van der Waals surface area contributed by atoms with Crippen LogP contribution in [0, 0.1) is 0 Å². The Labute approximate surface area is 111 Å². The van der Waals surface area contributed by atoms with Crippen molar-refractivity contribution < 1.29 is 8.42 Å². The van der Waals surface area contributed by atoms with Crippen molar-refractivity contribution in [3.63, 3.8) is 0 Å². The Kier molecular flexibility index (Phi) is 5.82. The number of benzene rings is 1. The van der Waals surface area contributed by atoms with Crippen LogP contribution in [0.2, 0.25) is 0 Å². The third kappa shape index (κ3) is 3.82. The smallest absolute Gasteiger partial charge is 0.154 e. The Morgan fingerprint density at radius 2 is 1.78 bits per heavy atom. The highest BCUT2D eigenvalue weighted by atomic mass is 32.2. The minimum atomic E-state index is -3.04. The summed E-state index contributed by atoms with van der Waals surface area (Å²) in [6.07, 6.45) is 0.988. The fraction of sp³-hybridized carbons (Fsp3) is 0.571. The lowest BCUT2D eigenvalue weighted by Crippen LogP contribution is -2.36. The molecule has 0 saturated heterocycles. The van der Waals surface area contributed by atoms with Gasteiger partial charge in [-0.2, -0.15) is 0 Å². The third-order valence-electron chi connectivity index (χ3n) is 3.21. The molecule has 0 bridgehead atoms. The number of nitrogens with one attached hydrogen (secondary N) is 1. The quantitative estimate of drug-likeness (QED) is 0.827. The first-order valence-electron chi connectivity index (χ1n) is 6.52. The molecule has 0 fully saturated rings. The van der Waals surface area contributed by atoms with Gasteiger partial charge >= 0.3 is 0 Å². The maximum Gasteiger partial charge on any atom is 0.154 e. The van der Waals surface area contributed by atoms with Gasteiger partial charge < -0.3 is 5.32 Å². The molecule has 2 atom stereocenters. The molecule has 0 saturated carbocycles. The van der Waals surface area contributed by atoms with Gasteiger partial charge in [-0.25, -0.2) is 8.42 Å². The first-order valence-corrected chi connectivity index (χ1v) is 8.24. The molecule has 18 heavy (non-hydrogen) atoms. The normalized spacial score (nSPS) is 15.3. The Morgan fingerprint density at radius 1 is 1.17 bits per heavy atom. The molecule has 0 aliphatic rings. The van der Waals surface area contributed by atoms with E-state index in [4.69, 9.17) is 0 Å². The number of rotatable bonds is 7. The molecule has 1 N–H and O–H groups in total. The minimum Gasteiger partial charge on any atom is -0.309 e. The van der Waals surface area contributed by atoms with Crippen molar-refractivity contribution in [3.05, 3.63) is 35.9 Å². The van der Waals surface area contributed by atoms with E-state index in [0.29, 0.717) is 0 Å². The van der Waals surface area contributed by atoms with Gasteiger partial charge in [-0.15, -0.1) is 0 Å². The predicted octanol–water partition coefficient (Wildman–Crippen LogP) is 2.55. The topological polar surface area (TPSA) is 46.2 Å². The molecule has 1 aromatic rings. The Hall–Kier alpha value is -0.870. The minimum absolute atomic E-state index is 0.129. The maximum atomic E-state index is 12.0. The van der Waals surface area contributed by atoms with Gasteiger partial charge in [0, 0.05) is 11.8 Å². The van der Waals surface area contributed by atoms with E-state index in [9.17, 15) is 8.42 Å². The molecule has 0 aliphatic heterocycles. The van der Waals surface area contributed by atoms with E-state index in [1.807, 2.05) is 30.3 Å². The highest BCUT2D eigenvalue weighted by Crippen LogP contribution is 2.22. The molecule has 0 heterocycles. The van der Waals surface area contributed by atoms with Crippen LogP contribution in [0.15, 0.2) is 30.3 Å². The third-order valence-corrected chi connectivity index (χ3v) is 5.42. The molecular formula is C14H23NO2S.